The Bertz CT molecular complexity index is 1550. The Labute approximate surface area is 239 Å². The van der Waals surface area contributed by atoms with Crippen LogP contribution in [0.2, 0.25) is 0 Å². The SMILES string of the molecule is CCCCc1ccc(NC(=O)CSc2nnc(-c3cccc(S(=O)(=O)N4CCCC4)c3)n2-c2ccccc2)cc1. The molecule has 5 rings (SSSR count). The van der Waals surface area contributed by atoms with Gasteiger partial charge in [-0.05, 0) is 67.6 Å². The lowest BCUT2D eigenvalue weighted by Gasteiger charge is -2.16. The average Bonchev–Trinajstić information content (AvgIpc) is 3.68. The Morgan fingerprint density at radius 1 is 0.950 bits per heavy atom. The Kier molecular flexibility index (Phi) is 8.98. The van der Waals surface area contributed by atoms with Crippen molar-refractivity contribution < 1.29 is 13.2 Å². The fourth-order valence-corrected chi connectivity index (χ4v) is 7.01. The van der Waals surface area contributed by atoms with Gasteiger partial charge in [0, 0.05) is 30.0 Å². The number of unbranched alkanes of at least 4 members (excludes halogenated alkanes) is 1. The molecule has 1 N–H and O–H groups in total. The van der Waals surface area contributed by atoms with Crippen molar-refractivity contribution in [3.63, 3.8) is 0 Å². The molecule has 1 amide bonds. The van der Waals surface area contributed by atoms with Crippen LogP contribution in [0.1, 0.15) is 38.2 Å². The van der Waals surface area contributed by atoms with Crippen molar-refractivity contribution in [1.29, 1.82) is 0 Å². The predicted molar refractivity (Wildman–Crippen MR) is 159 cm³/mol. The highest BCUT2D eigenvalue weighted by Crippen LogP contribution is 2.30. The first-order chi connectivity index (χ1) is 19.5. The van der Waals surface area contributed by atoms with Crippen molar-refractivity contribution >= 4 is 33.4 Å². The molecule has 0 aliphatic carbocycles. The number of benzene rings is 3. The summed E-state index contributed by atoms with van der Waals surface area (Å²) >= 11 is 1.28. The van der Waals surface area contributed by atoms with Crippen molar-refractivity contribution in [2.24, 2.45) is 0 Å². The fraction of sp³-hybridized carbons (Fsp3) is 0.300. The maximum absolute atomic E-state index is 13.2. The van der Waals surface area contributed by atoms with Crippen LogP contribution in [0, 0.1) is 0 Å². The first kappa shape index (κ1) is 28.1. The lowest BCUT2D eigenvalue weighted by molar-refractivity contribution is -0.113. The van der Waals surface area contributed by atoms with E-state index < -0.39 is 10.0 Å². The molecule has 0 unspecified atom stereocenters. The summed E-state index contributed by atoms with van der Waals surface area (Å²) in [6.07, 6.45) is 5.07. The molecule has 8 nitrogen and oxygen atoms in total. The van der Waals surface area contributed by atoms with Gasteiger partial charge in [-0.15, -0.1) is 10.2 Å². The molecular weight excluding hydrogens is 542 g/mol. The number of aryl methyl sites for hydroxylation is 1. The predicted octanol–water partition coefficient (Wildman–Crippen LogP) is 5.79. The second kappa shape index (κ2) is 12.8. The number of amides is 1. The molecule has 0 saturated carbocycles. The standard InChI is InChI=1S/C30H33N5O3S2/c1-2-3-10-23-15-17-25(18-16-23)31-28(36)22-39-30-33-32-29(35(30)26-12-5-4-6-13-26)24-11-9-14-27(21-24)40(37,38)34-19-7-8-20-34/h4-6,9,11-18,21H,2-3,7-8,10,19-20,22H2,1H3,(H,31,36). The number of anilines is 1. The zero-order valence-electron chi connectivity index (χ0n) is 22.5. The van der Waals surface area contributed by atoms with E-state index in [9.17, 15) is 13.2 Å². The third-order valence-electron chi connectivity index (χ3n) is 6.83. The van der Waals surface area contributed by atoms with E-state index in [0.29, 0.717) is 29.6 Å². The van der Waals surface area contributed by atoms with Gasteiger partial charge in [0.1, 0.15) is 0 Å². The van der Waals surface area contributed by atoms with E-state index in [1.807, 2.05) is 53.1 Å². The summed E-state index contributed by atoms with van der Waals surface area (Å²) in [6, 6.07) is 24.4. The third-order valence-corrected chi connectivity index (χ3v) is 9.66. The summed E-state index contributed by atoms with van der Waals surface area (Å²) in [5, 5.41) is 12.3. The summed E-state index contributed by atoms with van der Waals surface area (Å²) in [5.41, 5.74) is 3.47. The number of rotatable bonds is 11. The third kappa shape index (κ3) is 6.46. The maximum Gasteiger partial charge on any atom is 0.243 e. The molecule has 208 valence electrons. The molecule has 1 aliphatic heterocycles. The Morgan fingerprint density at radius 2 is 1.70 bits per heavy atom. The summed E-state index contributed by atoms with van der Waals surface area (Å²) in [5.74, 6) is 0.510. The Balaban J connectivity index is 1.37. The van der Waals surface area contributed by atoms with Crippen LogP contribution in [-0.2, 0) is 21.2 Å². The topological polar surface area (TPSA) is 97.2 Å². The van der Waals surface area contributed by atoms with Crippen molar-refractivity contribution in [2.75, 3.05) is 24.2 Å². The van der Waals surface area contributed by atoms with Crippen LogP contribution in [0.15, 0.2) is 88.9 Å². The minimum absolute atomic E-state index is 0.144. The first-order valence-corrected chi connectivity index (χ1v) is 16.0. The van der Waals surface area contributed by atoms with E-state index in [0.717, 1.165) is 43.5 Å². The van der Waals surface area contributed by atoms with Gasteiger partial charge in [-0.2, -0.15) is 4.31 Å². The minimum Gasteiger partial charge on any atom is -0.325 e. The van der Waals surface area contributed by atoms with Gasteiger partial charge in [0.15, 0.2) is 11.0 Å². The normalized spacial score (nSPS) is 13.9. The molecule has 1 fully saturated rings. The minimum atomic E-state index is -3.58. The van der Waals surface area contributed by atoms with E-state index in [2.05, 4.69) is 34.6 Å². The average molecular weight is 576 g/mol. The number of nitrogens with one attached hydrogen (secondary N) is 1. The highest BCUT2D eigenvalue weighted by molar-refractivity contribution is 7.99. The fourth-order valence-electron chi connectivity index (χ4n) is 4.70. The summed E-state index contributed by atoms with van der Waals surface area (Å²) in [7, 11) is -3.58. The largest absolute Gasteiger partial charge is 0.325 e. The van der Waals surface area contributed by atoms with Gasteiger partial charge >= 0.3 is 0 Å². The Morgan fingerprint density at radius 3 is 2.42 bits per heavy atom. The number of thioether (sulfide) groups is 1. The van der Waals surface area contributed by atoms with Crippen molar-refractivity contribution in [3.05, 3.63) is 84.4 Å². The van der Waals surface area contributed by atoms with E-state index in [-0.39, 0.29) is 16.6 Å². The number of hydrogen-bond acceptors (Lipinski definition) is 6. The molecule has 2 heterocycles. The zero-order valence-corrected chi connectivity index (χ0v) is 24.1. The molecule has 0 atom stereocenters. The molecule has 0 radical (unpaired) electrons. The molecule has 1 saturated heterocycles. The van der Waals surface area contributed by atoms with Crippen LogP contribution in [0.25, 0.3) is 17.1 Å². The summed E-state index contributed by atoms with van der Waals surface area (Å²) in [4.78, 5) is 13.0. The molecule has 1 aliphatic rings. The zero-order chi connectivity index (χ0) is 28.0. The van der Waals surface area contributed by atoms with E-state index in [1.165, 1.54) is 21.6 Å². The van der Waals surface area contributed by atoms with Gasteiger partial charge in [0.2, 0.25) is 15.9 Å². The van der Waals surface area contributed by atoms with E-state index in [4.69, 9.17) is 0 Å². The summed E-state index contributed by atoms with van der Waals surface area (Å²) in [6.45, 7) is 3.25. The quantitative estimate of drug-likeness (QED) is 0.227. The molecule has 4 aromatic rings. The van der Waals surface area contributed by atoms with Crippen LogP contribution in [0.4, 0.5) is 5.69 Å². The first-order valence-electron chi connectivity index (χ1n) is 13.6. The molecule has 40 heavy (non-hydrogen) atoms. The lowest BCUT2D eigenvalue weighted by atomic mass is 10.1. The number of sulfonamides is 1. The van der Waals surface area contributed by atoms with Gasteiger partial charge < -0.3 is 5.32 Å². The second-order valence-corrected chi connectivity index (χ2v) is 12.6. The number of carbonyl (C=O) groups is 1. The molecule has 1 aromatic heterocycles. The maximum atomic E-state index is 13.2. The van der Waals surface area contributed by atoms with Gasteiger partial charge in [0.05, 0.1) is 10.6 Å². The van der Waals surface area contributed by atoms with Crippen LogP contribution in [0.5, 0.6) is 0 Å². The molecule has 0 spiro atoms. The van der Waals surface area contributed by atoms with E-state index >= 15 is 0 Å². The molecule has 3 aromatic carbocycles. The van der Waals surface area contributed by atoms with E-state index in [1.54, 1.807) is 18.2 Å². The van der Waals surface area contributed by atoms with Crippen molar-refractivity contribution in [2.45, 2.75) is 49.1 Å². The Hall–Kier alpha value is -3.47. The van der Waals surface area contributed by atoms with Crippen LogP contribution in [-0.4, -0.2) is 52.2 Å². The number of carbonyl (C=O) groups excluding carboxylic acids is 1. The smallest absolute Gasteiger partial charge is 0.243 e. The van der Waals surface area contributed by atoms with Gasteiger partial charge in [-0.3, -0.25) is 9.36 Å². The van der Waals surface area contributed by atoms with Crippen molar-refractivity contribution in [3.8, 4) is 17.1 Å². The highest BCUT2D eigenvalue weighted by atomic mass is 32.2. The molecular formula is C30H33N5O3S2. The van der Waals surface area contributed by atoms with Crippen LogP contribution >= 0.6 is 11.8 Å². The summed E-state index contributed by atoms with van der Waals surface area (Å²) < 4.78 is 29.8. The van der Waals surface area contributed by atoms with Crippen LogP contribution < -0.4 is 5.32 Å². The molecule has 0 bridgehead atoms. The van der Waals surface area contributed by atoms with Crippen LogP contribution in [0.3, 0.4) is 0 Å². The molecule has 10 heteroatoms. The number of aromatic nitrogens is 3. The highest BCUT2D eigenvalue weighted by Gasteiger charge is 2.28. The van der Waals surface area contributed by atoms with Gasteiger partial charge in [-0.1, -0.05) is 67.6 Å². The van der Waals surface area contributed by atoms with Gasteiger partial charge in [0.25, 0.3) is 0 Å². The number of hydrogen-bond donors (Lipinski definition) is 1. The second-order valence-electron chi connectivity index (χ2n) is 9.75. The van der Waals surface area contributed by atoms with Crippen molar-refractivity contribution in [1.82, 2.24) is 19.1 Å². The lowest BCUT2D eigenvalue weighted by Crippen LogP contribution is -2.27. The number of para-hydroxylation sites is 1. The number of nitrogens with zero attached hydrogens (tertiary/aromatic N) is 4. The van der Waals surface area contributed by atoms with Gasteiger partial charge in [-0.25, -0.2) is 8.42 Å². The monoisotopic (exact) mass is 575 g/mol.